The highest BCUT2D eigenvalue weighted by Gasteiger charge is 2.18. The predicted molar refractivity (Wildman–Crippen MR) is 55.8 cm³/mol. The Morgan fingerprint density at radius 2 is 2.25 bits per heavy atom. The molecule has 16 heavy (non-hydrogen) atoms. The van der Waals surface area contributed by atoms with Gasteiger partial charge < -0.3 is 9.84 Å². The summed E-state index contributed by atoms with van der Waals surface area (Å²) in [6.07, 6.45) is -0.335. The minimum Gasteiger partial charge on any atom is -0.488 e. The van der Waals surface area contributed by atoms with Crippen molar-refractivity contribution in [2.45, 2.75) is 31.8 Å². The van der Waals surface area contributed by atoms with E-state index in [1.54, 1.807) is 12.1 Å². The molecule has 1 aliphatic carbocycles. The highest BCUT2D eigenvalue weighted by molar-refractivity contribution is 5.38. The van der Waals surface area contributed by atoms with Crippen LogP contribution in [0.1, 0.15) is 30.1 Å². The molecule has 1 aromatic carbocycles. The lowest BCUT2D eigenvalue weighted by Gasteiger charge is -2.21. The molecular weight excluding hydrogens is 214 g/mol. The molecule has 0 aliphatic heterocycles. The standard InChI is InChI=1S/C12H14F2O2/c13-12(14)7-16-9-5-4-8-2-1-3-11(15)10(8)6-9/h4-6,11-12,15H,1-3,7H2/t11-/m1/s1. The van der Waals surface area contributed by atoms with E-state index in [0.29, 0.717) is 5.75 Å². The molecule has 1 atom stereocenters. The monoisotopic (exact) mass is 228 g/mol. The van der Waals surface area contributed by atoms with Crippen LogP contribution in [-0.2, 0) is 6.42 Å². The molecule has 2 nitrogen and oxygen atoms in total. The lowest BCUT2D eigenvalue weighted by molar-refractivity contribution is 0.0816. The first-order valence-electron chi connectivity index (χ1n) is 5.38. The topological polar surface area (TPSA) is 29.5 Å². The molecule has 0 unspecified atom stereocenters. The third kappa shape index (κ3) is 2.50. The number of aliphatic hydroxyl groups excluding tert-OH is 1. The van der Waals surface area contributed by atoms with Crippen molar-refractivity contribution in [3.63, 3.8) is 0 Å². The van der Waals surface area contributed by atoms with Crippen molar-refractivity contribution < 1.29 is 18.6 Å². The van der Waals surface area contributed by atoms with Crippen molar-refractivity contribution in [1.29, 1.82) is 0 Å². The lowest BCUT2D eigenvalue weighted by atomic mass is 9.89. The lowest BCUT2D eigenvalue weighted by Crippen LogP contribution is -2.11. The van der Waals surface area contributed by atoms with Gasteiger partial charge in [0.05, 0.1) is 6.10 Å². The first kappa shape index (κ1) is 11.3. The van der Waals surface area contributed by atoms with Crippen molar-refractivity contribution in [1.82, 2.24) is 0 Å². The van der Waals surface area contributed by atoms with Crippen molar-refractivity contribution in [2.75, 3.05) is 6.61 Å². The third-order valence-electron chi connectivity index (χ3n) is 2.78. The largest absolute Gasteiger partial charge is 0.488 e. The van der Waals surface area contributed by atoms with Gasteiger partial charge in [-0.2, -0.15) is 0 Å². The van der Waals surface area contributed by atoms with E-state index in [1.165, 1.54) is 0 Å². The Bertz CT molecular complexity index is 366. The Morgan fingerprint density at radius 3 is 3.00 bits per heavy atom. The van der Waals surface area contributed by atoms with Crippen LogP contribution in [-0.4, -0.2) is 18.1 Å². The van der Waals surface area contributed by atoms with E-state index < -0.39 is 19.1 Å². The van der Waals surface area contributed by atoms with Crippen LogP contribution >= 0.6 is 0 Å². The molecule has 2 rings (SSSR count). The summed E-state index contributed by atoms with van der Waals surface area (Å²) in [5.41, 5.74) is 1.90. The van der Waals surface area contributed by atoms with Gasteiger partial charge in [-0.1, -0.05) is 6.07 Å². The van der Waals surface area contributed by atoms with Crippen LogP contribution in [0.25, 0.3) is 0 Å². The molecule has 88 valence electrons. The maximum absolute atomic E-state index is 12.0. The zero-order valence-corrected chi connectivity index (χ0v) is 8.83. The van der Waals surface area contributed by atoms with E-state index in [2.05, 4.69) is 0 Å². The van der Waals surface area contributed by atoms with Crippen LogP contribution in [0, 0.1) is 0 Å². The SMILES string of the molecule is O[C@@H]1CCCc2ccc(OCC(F)F)cc21. The fraction of sp³-hybridized carbons (Fsp3) is 0.500. The van der Waals surface area contributed by atoms with E-state index in [4.69, 9.17) is 4.74 Å². The molecule has 0 saturated carbocycles. The second-order valence-electron chi connectivity index (χ2n) is 3.97. The van der Waals surface area contributed by atoms with Crippen LogP contribution in [0.5, 0.6) is 5.75 Å². The minimum atomic E-state index is -2.47. The van der Waals surface area contributed by atoms with Crippen LogP contribution in [0.4, 0.5) is 8.78 Å². The number of rotatable bonds is 3. The summed E-state index contributed by atoms with van der Waals surface area (Å²) in [7, 11) is 0. The van der Waals surface area contributed by atoms with Crippen LogP contribution in [0.15, 0.2) is 18.2 Å². The van der Waals surface area contributed by atoms with E-state index in [9.17, 15) is 13.9 Å². The Hall–Kier alpha value is -1.16. The molecule has 0 heterocycles. The normalized spacial score (nSPS) is 19.6. The maximum atomic E-state index is 12.0. The van der Waals surface area contributed by atoms with Crippen molar-refractivity contribution in [3.05, 3.63) is 29.3 Å². The Kier molecular flexibility index (Phi) is 3.39. The summed E-state index contributed by atoms with van der Waals surface area (Å²) in [5, 5.41) is 9.76. The van der Waals surface area contributed by atoms with Crippen LogP contribution in [0.3, 0.4) is 0 Å². The van der Waals surface area contributed by atoms with Gasteiger partial charge in [-0.15, -0.1) is 0 Å². The number of aliphatic hydroxyl groups is 1. The van der Waals surface area contributed by atoms with E-state index in [0.717, 1.165) is 30.4 Å². The summed E-state index contributed by atoms with van der Waals surface area (Å²) < 4.78 is 28.8. The summed E-state index contributed by atoms with van der Waals surface area (Å²) in [5.74, 6) is 0.403. The molecule has 0 amide bonds. The number of alkyl halides is 2. The van der Waals surface area contributed by atoms with Crippen molar-refractivity contribution in [3.8, 4) is 5.75 Å². The predicted octanol–water partition coefficient (Wildman–Crippen LogP) is 2.70. The molecule has 1 aliphatic rings. The van der Waals surface area contributed by atoms with E-state index >= 15 is 0 Å². The highest BCUT2D eigenvalue weighted by Crippen LogP contribution is 2.32. The third-order valence-corrected chi connectivity index (χ3v) is 2.78. The molecule has 0 aromatic heterocycles. The average molecular weight is 228 g/mol. The second-order valence-corrected chi connectivity index (χ2v) is 3.97. The molecule has 0 spiro atoms. The quantitative estimate of drug-likeness (QED) is 0.861. The molecule has 0 saturated heterocycles. The first-order chi connectivity index (χ1) is 7.66. The Labute approximate surface area is 92.9 Å². The maximum Gasteiger partial charge on any atom is 0.272 e. The van der Waals surface area contributed by atoms with Crippen molar-refractivity contribution >= 4 is 0 Å². The highest BCUT2D eigenvalue weighted by atomic mass is 19.3. The number of hydrogen-bond acceptors (Lipinski definition) is 2. The van der Waals surface area contributed by atoms with Gasteiger partial charge >= 0.3 is 0 Å². The summed E-state index contributed by atoms with van der Waals surface area (Å²) in [6, 6.07) is 5.19. The molecule has 0 radical (unpaired) electrons. The molecule has 1 aromatic rings. The number of halogens is 2. The molecule has 1 N–H and O–H groups in total. The molecular formula is C12H14F2O2. The number of hydrogen-bond donors (Lipinski definition) is 1. The van der Waals surface area contributed by atoms with Gasteiger partial charge in [0.25, 0.3) is 6.43 Å². The van der Waals surface area contributed by atoms with Gasteiger partial charge in [-0.25, -0.2) is 8.78 Å². The van der Waals surface area contributed by atoms with Gasteiger partial charge in [-0.05, 0) is 42.5 Å². The van der Waals surface area contributed by atoms with Gasteiger partial charge in [0.15, 0.2) is 0 Å². The van der Waals surface area contributed by atoms with Crippen LogP contribution < -0.4 is 4.74 Å². The molecule has 0 fully saturated rings. The number of fused-ring (bicyclic) bond motifs is 1. The Morgan fingerprint density at radius 1 is 1.44 bits per heavy atom. The van der Waals surface area contributed by atoms with Crippen LogP contribution in [0.2, 0.25) is 0 Å². The van der Waals surface area contributed by atoms with E-state index in [-0.39, 0.29) is 0 Å². The minimum absolute atomic E-state index is 0.403. The van der Waals surface area contributed by atoms with Gasteiger partial charge in [0.1, 0.15) is 12.4 Å². The zero-order valence-electron chi connectivity index (χ0n) is 8.83. The fourth-order valence-electron chi connectivity index (χ4n) is 2.00. The smallest absolute Gasteiger partial charge is 0.272 e. The van der Waals surface area contributed by atoms with Crippen molar-refractivity contribution in [2.24, 2.45) is 0 Å². The summed E-state index contributed by atoms with van der Waals surface area (Å²) in [6.45, 7) is -0.602. The number of aryl methyl sites for hydroxylation is 1. The fourth-order valence-corrected chi connectivity index (χ4v) is 2.00. The second kappa shape index (κ2) is 4.78. The van der Waals surface area contributed by atoms with Gasteiger partial charge in [0, 0.05) is 0 Å². The number of ether oxygens (including phenoxy) is 1. The summed E-state index contributed by atoms with van der Waals surface area (Å²) >= 11 is 0. The molecule has 4 heteroatoms. The Balaban J connectivity index is 2.14. The summed E-state index contributed by atoms with van der Waals surface area (Å²) in [4.78, 5) is 0. The first-order valence-corrected chi connectivity index (χ1v) is 5.38. The average Bonchev–Trinajstić information content (AvgIpc) is 2.27. The zero-order chi connectivity index (χ0) is 11.5. The van der Waals surface area contributed by atoms with Gasteiger partial charge in [-0.3, -0.25) is 0 Å². The number of benzene rings is 1. The van der Waals surface area contributed by atoms with E-state index in [1.807, 2.05) is 6.07 Å². The van der Waals surface area contributed by atoms with Gasteiger partial charge in [0.2, 0.25) is 0 Å². The molecule has 0 bridgehead atoms.